The van der Waals surface area contributed by atoms with Gasteiger partial charge in [0.25, 0.3) is 11.8 Å². The zero-order valence-electron chi connectivity index (χ0n) is 19.7. The molecule has 1 fully saturated rings. The van der Waals surface area contributed by atoms with E-state index >= 15 is 0 Å². The number of anilines is 1. The average Bonchev–Trinajstić information content (AvgIpc) is 3.22. The standard InChI is InChI=1S/C23H24F5N7O/c1-13-4-6-16(20-31-33-34(3)32-20)17(8-13)21(36)35-12-22(24,25)9-14(2)18(35)11-30-19-7-5-15(10-29-19)23(26,27)28/h4-8,10,14,18H,9,11-12H2,1-3H3,(H,29,30)/t14-,18-/m1/s1. The number of pyridine rings is 1. The second-order valence-corrected chi connectivity index (χ2v) is 9.00. The molecule has 0 spiro atoms. The summed E-state index contributed by atoms with van der Waals surface area (Å²) in [5.74, 6) is -4.02. The minimum Gasteiger partial charge on any atom is -0.368 e. The first-order valence-corrected chi connectivity index (χ1v) is 11.1. The van der Waals surface area contributed by atoms with Crippen LogP contribution in [0.3, 0.4) is 0 Å². The average molecular weight is 509 g/mol. The van der Waals surface area contributed by atoms with E-state index in [9.17, 15) is 26.7 Å². The Morgan fingerprint density at radius 2 is 1.97 bits per heavy atom. The molecule has 0 saturated carbocycles. The Labute approximate surface area is 203 Å². The van der Waals surface area contributed by atoms with Crippen molar-refractivity contribution in [3.05, 3.63) is 53.2 Å². The molecule has 8 nitrogen and oxygen atoms in total. The number of carbonyl (C=O) groups is 1. The number of likely N-dealkylation sites (tertiary alicyclic amines) is 1. The van der Waals surface area contributed by atoms with Gasteiger partial charge in [-0.3, -0.25) is 4.79 Å². The van der Waals surface area contributed by atoms with Crippen molar-refractivity contribution in [1.82, 2.24) is 30.1 Å². The summed E-state index contributed by atoms with van der Waals surface area (Å²) < 4.78 is 67.7. The van der Waals surface area contributed by atoms with Crippen molar-refractivity contribution >= 4 is 11.7 Å². The minimum atomic E-state index is -4.53. The predicted octanol–water partition coefficient (Wildman–Crippen LogP) is 4.20. The second kappa shape index (κ2) is 9.43. The number of piperidine rings is 1. The number of alkyl halides is 5. The summed E-state index contributed by atoms with van der Waals surface area (Å²) in [6.07, 6.45) is -4.27. The van der Waals surface area contributed by atoms with Gasteiger partial charge in [0.2, 0.25) is 5.82 Å². The molecule has 1 aromatic carbocycles. The van der Waals surface area contributed by atoms with Crippen LogP contribution in [-0.4, -0.2) is 61.1 Å². The smallest absolute Gasteiger partial charge is 0.368 e. The van der Waals surface area contributed by atoms with Crippen LogP contribution in [-0.2, 0) is 13.2 Å². The predicted molar refractivity (Wildman–Crippen MR) is 120 cm³/mol. The van der Waals surface area contributed by atoms with Crippen LogP contribution in [0.15, 0.2) is 36.5 Å². The Morgan fingerprint density at radius 3 is 2.58 bits per heavy atom. The number of tetrazole rings is 1. The molecular formula is C23H24F5N7O. The zero-order valence-corrected chi connectivity index (χ0v) is 19.7. The van der Waals surface area contributed by atoms with E-state index in [0.717, 1.165) is 22.6 Å². The fourth-order valence-corrected chi connectivity index (χ4v) is 4.33. The van der Waals surface area contributed by atoms with Gasteiger partial charge in [0.05, 0.1) is 30.8 Å². The molecule has 13 heteroatoms. The van der Waals surface area contributed by atoms with Gasteiger partial charge in [-0.05, 0) is 42.3 Å². The normalized spacial score (nSPS) is 19.8. The number of carbonyl (C=O) groups excluding carboxylic acids is 1. The minimum absolute atomic E-state index is 0.0197. The number of benzene rings is 1. The number of aromatic nitrogens is 5. The molecule has 1 amide bonds. The van der Waals surface area contributed by atoms with Crippen LogP contribution in [0.1, 0.15) is 34.8 Å². The lowest BCUT2D eigenvalue weighted by Crippen LogP contribution is -2.57. The zero-order chi connectivity index (χ0) is 26.3. The summed E-state index contributed by atoms with van der Waals surface area (Å²) in [7, 11) is 1.57. The van der Waals surface area contributed by atoms with Crippen LogP contribution in [0.5, 0.6) is 0 Å². The third kappa shape index (κ3) is 5.44. The highest BCUT2D eigenvalue weighted by atomic mass is 19.4. The van der Waals surface area contributed by atoms with E-state index in [-0.39, 0.29) is 23.8 Å². The van der Waals surface area contributed by atoms with Gasteiger partial charge in [0.15, 0.2) is 0 Å². The molecule has 1 aliphatic rings. The molecule has 3 heterocycles. The van der Waals surface area contributed by atoms with Gasteiger partial charge >= 0.3 is 6.18 Å². The first-order chi connectivity index (χ1) is 16.8. The number of aryl methyl sites for hydroxylation is 2. The SMILES string of the molecule is Cc1ccc(-c2nnn(C)n2)c(C(=O)N2CC(F)(F)C[C@@H](C)[C@H]2CNc2ccc(C(F)(F)F)cn2)c1. The van der Waals surface area contributed by atoms with E-state index in [2.05, 4.69) is 25.7 Å². The maximum Gasteiger partial charge on any atom is 0.417 e. The first-order valence-electron chi connectivity index (χ1n) is 11.1. The lowest BCUT2D eigenvalue weighted by molar-refractivity contribution is -0.137. The van der Waals surface area contributed by atoms with E-state index in [1.165, 1.54) is 4.80 Å². The molecule has 0 radical (unpaired) electrons. The molecule has 0 unspecified atom stereocenters. The third-order valence-electron chi connectivity index (χ3n) is 6.08. The highest BCUT2D eigenvalue weighted by molar-refractivity contribution is 6.00. The molecular weight excluding hydrogens is 485 g/mol. The van der Waals surface area contributed by atoms with Crippen molar-refractivity contribution in [1.29, 1.82) is 0 Å². The van der Waals surface area contributed by atoms with Gasteiger partial charge in [0.1, 0.15) is 5.82 Å². The van der Waals surface area contributed by atoms with Gasteiger partial charge < -0.3 is 10.2 Å². The maximum absolute atomic E-state index is 14.6. The highest BCUT2D eigenvalue weighted by Gasteiger charge is 2.46. The Hall–Kier alpha value is -3.64. The van der Waals surface area contributed by atoms with Crippen LogP contribution in [0.4, 0.5) is 27.8 Å². The van der Waals surface area contributed by atoms with Gasteiger partial charge in [-0.2, -0.15) is 18.0 Å². The summed E-state index contributed by atoms with van der Waals surface area (Å²) in [5.41, 5.74) is 0.355. The highest BCUT2D eigenvalue weighted by Crippen LogP contribution is 2.36. The number of amides is 1. The summed E-state index contributed by atoms with van der Waals surface area (Å²) in [6, 6.07) is 6.35. The van der Waals surface area contributed by atoms with E-state index in [0.29, 0.717) is 11.8 Å². The second-order valence-electron chi connectivity index (χ2n) is 9.00. The summed E-state index contributed by atoms with van der Waals surface area (Å²) in [4.78, 5) is 19.8. The number of hydrogen-bond donors (Lipinski definition) is 1. The summed E-state index contributed by atoms with van der Waals surface area (Å²) in [5, 5.41) is 14.8. The quantitative estimate of drug-likeness (QED) is 0.519. The number of halogens is 5. The number of hydrogen-bond acceptors (Lipinski definition) is 6. The van der Waals surface area contributed by atoms with E-state index in [1.54, 1.807) is 39.1 Å². The van der Waals surface area contributed by atoms with Gasteiger partial charge in [0, 0.05) is 24.7 Å². The van der Waals surface area contributed by atoms with Crippen molar-refractivity contribution in [2.75, 3.05) is 18.4 Å². The molecule has 2 atom stereocenters. The number of rotatable bonds is 5. The van der Waals surface area contributed by atoms with Crippen LogP contribution < -0.4 is 5.32 Å². The molecule has 0 bridgehead atoms. The molecule has 3 aromatic rings. The largest absolute Gasteiger partial charge is 0.417 e. The number of nitrogens with zero attached hydrogens (tertiary/aromatic N) is 6. The van der Waals surface area contributed by atoms with Crippen molar-refractivity contribution in [3.8, 4) is 11.4 Å². The molecule has 4 rings (SSSR count). The van der Waals surface area contributed by atoms with Crippen molar-refractivity contribution in [3.63, 3.8) is 0 Å². The topological polar surface area (TPSA) is 88.8 Å². The van der Waals surface area contributed by atoms with Crippen LogP contribution in [0.25, 0.3) is 11.4 Å². The Kier molecular flexibility index (Phi) is 6.67. The Bertz CT molecular complexity index is 1240. The summed E-state index contributed by atoms with van der Waals surface area (Å²) in [6.45, 7) is 2.60. The van der Waals surface area contributed by atoms with Gasteiger partial charge in [-0.25, -0.2) is 13.8 Å². The molecule has 2 aromatic heterocycles. The molecule has 1 aliphatic heterocycles. The Balaban J connectivity index is 1.63. The fraction of sp³-hybridized carbons (Fsp3) is 0.435. The molecule has 1 saturated heterocycles. The third-order valence-corrected chi connectivity index (χ3v) is 6.08. The van der Waals surface area contributed by atoms with Gasteiger partial charge in [-0.15, -0.1) is 10.2 Å². The lowest BCUT2D eigenvalue weighted by Gasteiger charge is -2.43. The maximum atomic E-state index is 14.6. The number of nitrogens with one attached hydrogen (secondary N) is 1. The van der Waals surface area contributed by atoms with E-state index < -0.39 is 48.5 Å². The molecule has 0 aliphatic carbocycles. The molecule has 192 valence electrons. The van der Waals surface area contributed by atoms with Crippen LogP contribution >= 0.6 is 0 Å². The van der Waals surface area contributed by atoms with Gasteiger partial charge in [-0.1, -0.05) is 18.6 Å². The van der Waals surface area contributed by atoms with Crippen molar-refractivity contribution < 1.29 is 26.7 Å². The van der Waals surface area contributed by atoms with Crippen molar-refractivity contribution in [2.45, 2.75) is 38.4 Å². The summed E-state index contributed by atoms with van der Waals surface area (Å²) >= 11 is 0. The monoisotopic (exact) mass is 509 g/mol. The van der Waals surface area contributed by atoms with E-state index in [4.69, 9.17) is 0 Å². The molecule has 1 N–H and O–H groups in total. The van der Waals surface area contributed by atoms with Crippen LogP contribution in [0.2, 0.25) is 0 Å². The fourth-order valence-electron chi connectivity index (χ4n) is 4.33. The molecule has 36 heavy (non-hydrogen) atoms. The Morgan fingerprint density at radius 1 is 1.22 bits per heavy atom. The van der Waals surface area contributed by atoms with Crippen LogP contribution in [0, 0.1) is 12.8 Å². The lowest BCUT2D eigenvalue weighted by atomic mass is 9.87. The van der Waals surface area contributed by atoms with E-state index in [1.807, 2.05) is 0 Å². The van der Waals surface area contributed by atoms with Crippen molar-refractivity contribution in [2.24, 2.45) is 13.0 Å². The first kappa shape index (κ1) is 25.5.